The van der Waals surface area contributed by atoms with Crippen LogP contribution >= 0.6 is 15.9 Å². The second kappa shape index (κ2) is 8.89. The Hall–Kier alpha value is -2.02. The number of methoxy groups -OCH3 is 1. The molecule has 1 atom stereocenters. The minimum atomic E-state index is -0.639. The van der Waals surface area contributed by atoms with Crippen LogP contribution in [0.25, 0.3) is 0 Å². The lowest BCUT2D eigenvalue weighted by molar-refractivity contribution is -0.139. The van der Waals surface area contributed by atoms with Crippen molar-refractivity contribution in [1.82, 2.24) is 10.6 Å². The molecular formula is C18H23BrN2O4. The number of urea groups is 1. The highest BCUT2D eigenvalue weighted by atomic mass is 79.9. The van der Waals surface area contributed by atoms with Crippen LogP contribution < -0.4 is 15.4 Å². The van der Waals surface area contributed by atoms with Crippen molar-refractivity contribution in [2.45, 2.75) is 39.2 Å². The Bertz CT molecular complexity index is 688. The van der Waals surface area contributed by atoms with Crippen molar-refractivity contribution < 1.29 is 19.1 Å². The van der Waals surface area contributed by atoms with Gasteiger partial charge in [0, 0.05) is 15.7 Å². The number of carbonyl (C=O) groups is 2. The topological polar surface area (TPSA) is 76.7 Å². The van der Waals surface area contributed by atoms with Crippen molar-refractivity contribution >= 4 is 27.9 Å². The Labute approximate surface area is 156 Å². The van der Waals surface area contributed by atoms with Crippen molar-refractivity contribution in [1.29, 1.82) is 0 Å². The lowest BCUT2D eigenvalue weighted by Crippen LogP contribution is -2.45. The van der Waals surface area contributed by atoms with Gasteiger partial charge in [0.15, 0.2) is 0 Å². The summed E-state index contributed by atoms with van der Waals surface area (Å²) in [5.41, 5.74) is 1.55. The third-order valence-corrected chi connectivity index (χ3v) is 4.47. The molecule has 1 aromatic carbocycles. The quantitative estimate of drug-likeness (QED) is 0.528. The number of hydrogen-bond acceptors (Lipinski definition) is 4. The van der Waals surface area contributed by atoms with E-state index in [1.54, 1.807) is 20.1 Å². The van der Waals surface area contributed by atoms with Gasteiger partial charge in [0.2, 0.25) is 0 Å². The number of unbranched alkanes of at least 4 members (excludes halogenated alkanes) is 2. The first kappa shape index (κ1) is 19.3. The standard InChI is InChI=1S/C18H23BrN2O4/c1-4-5-6-9-25-17(22)15-11(2)20-18(23)21-16(15)13-10-12(19)7-8-14(13)24-3/h7-8,10,16H,4-6,9H2,1-3H3,(H2,20,21,23)/t16-/m0/s1. The molecule has 0 aromatic heterocycles. The number of nitrogens with one attached hydrogen (secondary N) is 2. The highest BCUT2D eigenvalue weighted by Crippen LogP contribution is 2.35. The Morgan fingerprint density at radius 2 is 2.08 bits per heavy atom. The Kier molecular flexibility index (Phi) is 6.87. The summed E-state index contributed by atoms with van der Waals surface area (Å²) in [7, 11) is 1.55. The number of hydrogen-bond donors (Lipinski definition) is 2. The summed E-state index contributed by atoms with van der Waals surface area (Å²) >= 11 is 3.42. The summed E-state index contributed by atoms with van der Waals surface area (Å²) in [6.45, 7) is 4.14. The van der Waals surface area contributed by atoms with Gasteiger partial charge in [0.1, 0.15) is 5.75 Å². The average Bonchev–Trinajstić information content (AvgIpc) is 2.57. The van der Waals surface area contributed by atoms with E-state index in [1.165, 1.54) is 0 Å². The molecule has 0 aliphatic carbocycles. The second-order valence-corrected chi connectivity index (χ2v) is 6.72. The van der Waals surface area contributed by atoms with Crippen LogP contribution in [-0.4, -0.2) is 25.7 Å². The van der Waals surface area contributed by atoms with E-state index in [0.717, 1.165) is 23.7 Å². The summed E-state index contributed by atoms with van der Waals surface area (Å²) in [6, 6.07) is 4.44. The van der Waals surface area contributed by atoms with Crippen molar-refractivity contribution in [2.24, 2.45) is 0 Å². The fourth-order valence-corrected chi connectivity index (χ4v) is 3.10. The smallest absolute Gasteiger partial charge is 0.338 e. The number of ether oxygens (including phenoxy) is 2. The first-order valence-electron chi connectivity index (χ1n) is 8.26. The minimum Gasteiger partial charge on any atom is -0.496 e. The fourth-order valence-electron chi connectivity index (χ4n) is 2.72. The summed E-state index contributed by atoms with van der Waals surface area (Å²) in [5, 5.41) is 5.43. The van der Waals surface area contributed by atoms with Gasteiger partial charge in [-0.15, -0.1) is 0 Å². The third-order valence-electron chi connectivity index (χ3n) is 3.97. The number of allylic oxidation sites excluding steroid dienone is 1. The highest BCUT2D eigenvalue weighted by Gasteiger charge is 2.34. The van der Waals surface area contributed by atoms with Crippen LogP contribution in [-0.2, 0) is 9.53 Å². The summed E-state index contributed by atoms with van der Waals surface area (Å²) in [5.74, 6) is 0.146. The van der Waals surface area contributed by atoms with Crippen molar-refractivity contribution in [3.8, 4) is 5.75 Å². The molecule has 25 heavy (non-hydrogen) atoms. The molecule has 1 aliphatic heterocycles. The van der Waals surface area contributed by atoms with E-state index in [4.69, 9.17) is 9.47 Å². The monoisotopic (exact) mass is 410 g/mol. The van der Waals surface area contributed by atoms with E-state index in [1.807, 2.05) is 12.1 Å². The number of carbonyl (C=O) groups excluding carboxylic acids is 2. The molecule has 2 N–H and O–H groups in total. The molecule has 1 aliphatic rings. The van der Waals surface area contributed by atoms with E-state index >= 15 is 0 Å². The molecule has 1 aromatic rings. The van der Waals surface area contributed by atoms with Crippen LogP contribution in [0.1, 0.15) is 44.7 Å². The maximum absolute atomic E-state index is 12.6. The summed E-state index contributed by atoms with van der Waals surface area (Å²) in [6.07, 6.45) is 2.87. The number of rotatable bonds is 7. The molecule has 0 fully saturated rings. The van der Waals surface area contributed by atoms with Crippen LogP contribution in [0.15, 0.2) is 33.9 Å². The molecule has 0 bridgehead atoms. The van der Waals surface area contributed by atoms with Gasteiger partial charge in [-0.2, -0.15) is 0 Å². The van der Waals surface area contributed by atoms with E-state index < -0.39 is 12.0 Å². The minimum absolute atomic E-state index is 0.361. The molecule has 0 unspecified atom stereocenters. The van der Waals surface area contributed by atoms with Gasteiger partial charge >= 0.3 is 12.0 Å². The van der Waals surface area contributed by atoms with Crippen LogP contribution in [0.2, 0.25) is 0 Å². The molecule has 0 saturated heterocycles. The second-order valence-electron chi connectivity index (χ2n) is 5.80. The SMILES string of the molecule is CCCCCOC(=O)C1=C(C)NC(=O)N[C@H]1c1cc(Br)ccc1OC. The first-order chi connectivity index (χ1) is 12.0. The molecule has 7 heteroatoms. The predicted molar refractivity (Wildman–Crippen MR) is 98.3 cm³/mol. The highest BCUT2D eigenvalue weighted by molar-refractivity contribution is 9.10. The van der Waals surface area contributed by atoms with Gasteiger partial charge in [-0.3, -0.25) is 0 Å². The van der Waals surface area contributed by atoms with E-state index in [2.05, 4.69) is 33.5 Å². The van der Waals surface area contributed by atoms with Gasteiger partial charge in [-0.05, 0) is 31.5 Å². The van der Waals surface area contributed by atoms with Gasteiger partial charge in [-0.25, -0.2) is 9.59 Å². The van der Waals surface area contributed by atoms with Crippen LogP contribution in [0.5, 0.6) is 5.75 Å². The molecule has 1 heterocycles. The zero-order valence-electron chi connectivity index (χ0n) is 14.6. The van der Waals surface area contributed by atoms with E-state index in [9.17, 15) is 9.59 Å². The molecule has 6 nitrogen and oxygen atoms in total. The maximum Gasteiger partial charge on any atom is 0.338 e. The molecule has 136 valence electrons. The molecule has 2 rings (SSSR count). The van der Waals surface area contributed by atoms with Gasteiger partial charge in [-0.1, -0.05) is 35.7 Å². The van der Waals surface area contributed by atoms with Gasteiger partial charge in [0.25, 0.3) is 0 Å². The van der Waals surface area contributed by atoms with E-state index in [-0.39, 0.29) is 6.03 Å². The number of esters is 1. The largest absolute Gasteiger partial charge is 0.496 e. The summed E-state index contributed by atoms with van der Waals surface area (Å²) in [4.78, 5) is 24.6. The van der Waals surface area contributed by atoms with Gasteiger partial charge in [0.05, 0.1) is 25.3 Å². The zero-order valence-corrected chi connectivity index (χ0v) is 16.2. The number of amides is 2. The third kappa shape index (κ3) is 4.75. The molecule has 2 amide bonds. The fraction of sp³-hybridized carbons (Fsp3) is 0.444. The Morgan fingerprint density at radius 3 is 2.76 bits per heavy atom. The average molecular weight is 411 g/mol. The lowest BCUT2D eigenvalue weighted by Gasteiger charge is -2.29. The molecule has 0 spiro atoms. The van der Waals surface area contributed by atoms with Crippen LogP contribution in [0.3, 0.4) is 0 Å². The van der Waals surface area contributed by atoms with Crippen molar-refractivity contribution in [2.75, 3.05) is 13.7 Å². The maximum atomic E-state index is 12.6. The normalized spacial score (nSPS) is 17.0. The first-order valence-corrected chi connectivity index (χ1v) is 9.06. The Morgan fingerprint density at radius 1 is 1.32 bits per heavy atom. The van der Waals surface area contributed by atoms with Crippen molar-refractivity contribution in [3.63, 3.8) is 0 Å². The Balaban J connectivity index is 2.34. The van der Waals surface area contributed by atoms with Crippen LogP contribution in [0.4, 0.5) is 4.79 Å². The molecule has 0 radical (unpaired) electrons. The zero-order chi connectivity index (χ0) is 18.4. The van der Waals surface area contributed by atoms with Crippen LogP contribution in [0, 0.1) is 0 Å². The molecule has 0 saturated carbocycles. The lowest BCUT2D eigenvalue weighted by atomic mass is 9.95. The predicted octanol–water partition coefficient (Wildman–Crippen LogP) is 3.82. The number of benzene rings is 1. The van der Waals surface area contributed by atoms with E-state index in [0.29, 0.717) is 29.2 Å². The number of halogens is 1. The summed E-state index contributed by atoms with van der Waals surface area (Å²) < 4.78 is 11.6. The van der Waals surface area contributed by atoms with Crippen molar-refractivity contribution in [3.05, 3.63) is 39.5 Å². The van der Waals surface area contributed by atoms with Gasteiger partial charge < -0.3 is 20.1 Å². The molecular weight excluding hydrogens is 388 g/mol.